The average molecular weight is 257 g/mol. The molecule has 0 saturated heterocycles. The van der Waals surface area contributed by atoms with Crippen LogP contribution in [0.1, 0.15) is 23.6 Å². The van der Waals surface area contributed by atoms with Crippen LogP contribution in [-0.4, -0.2) is 23.1 Å². The van der Waals surface area contributed by atoms with Crippen LogP contribution >= 0.6 is 0 Å². The Balaban J connectivity index is 1.77. The van der Waals surface area contributed by atoms with E-state index >= 15 is 0 Å². The predicted molar refractivity (Wildman–Crippen MR) is 70.8 cm³/mol. The normalized spacial score (nSPS) is 19.9. The van der Waals surface area contributed by atoms with Crippen LogP contribution in [0.25, 0.3) is 0 Å². The van der Waals surface area contributed by atoms with Crippen LogP contribution in [0.5, 0.6) is 11.5 Å². The Hall–Kier alpha value is -2.17. The van der Waals surface area contributed by atoms with Gasteiger partial charge in [-0.3, -0.25) is 0 Å². The van der Waals surface area contributed by atoms with Crippen LogP contribution in [0.3, 0.4) is 0 Å². The van der Waals surface area contributed by atoms with Crippen LogP contribution in [-0.2, 0) is 0 Å². The van der Waals surface area contributed by atoms with Gasteiger partial charge in [0.05, 0.1) is 12.2 Å². The van der Waals surface area contributed by atoms with Gasteiger partial charge in [0.1, 0.15) is 5.82 Å². The first-order chi connectivity index (χ1) is 9.33. The van der Waals surface area contributed by atoms with E-state index in [-0.39, 0.29) is 6.04 Å². The Labute approximate surface area is 111 Å². The minimum Gasteiger partial charge on any atom is -0.454 e. The van der Waals surface area contributed by atoms with Crippen LogP contribution in [0, 0.1) is 6.92 Å². The van der Waals surface area contributed by atoms with E-state index in [0.29, 0.717) is 6.79 Å². The van der Waals surface area contributed by atoms with Gasteiger partial charge >= 0.3 is 0 Å². The SMILES string of the molecule is Cc1cnn2c1NCCC2c1ccc2c(c1)OCO2. The topological polar surface area (TPSA) is 48.3 Å². The first-order valence-corrected chi connectivity index (χ1v) is 6.50. The summed E-state index contributed by atoms with van der Waals surface area (Å²) in [5.74, 6) is 2.78. The van der Waals surface area contributed by atoms with Crippen molar-refractivity contribution in [3.05, 3.63) is 35.5 Å². The Morgan fingerprint density at radius 2 is 2.21 bits per heavy atom. The maximum atomic E-state index is 5.46. The molecular weight excluding hydrogens is 242 g/mol. The summed E-state index contributed by atoms with van der Waals surface area (Å²) in [6.45, 7) is 3.36. The lowest BCUT2D eigenvalue weighted by atomic mass is 10.0. The summed E-state index contributed by atoms with van der Waals surface area (Å²) in [6, 6.07) is 6.42. The summed E-state index contributed by atoms with van der Waals surface area (Å²) in [5.41, 5.74) is 2.40. The second-order valence-corrected chi connectivity index (χ2v) is 4.96. The highest BCUT2D eigenvalue weighted by molar-refractivity contribution is 5.49. The van der Waals surface area contributed by atoms with E-state index < -0.39 is 0 Å². The molecule has 0 saturated carbocycles. The number of rotatable bonds is 1. The third-order valence-electron chi connectivity index (χ3n) is 3.77. The van der Waals surface area contributed by atoms with Crippen molar-refractivity contribution >= 4 is 5.82 Å². The highest BCUT2D eigenvalue weighted by Gasteiger charge is 2.25. The van der Waals surface area contributed by atoms with Gasteiger partial charge in [0.25, 0.3) is 0 Å². The fourth-order valence-corrected chi connectivity index (χ4v) is 2.78. The molecule has 2 aliphatic rings. The number of hydrogen-bond acceptors (Lipinski definition) is 4. The number of aryl methyl sites for hydroxylation is 1. The molecule has 3 heterocycles. The van der Waals surface area contributed by atoms with Crippen molar-refractivity contribution < 1.29 is 9.47 Å². The molecule has 5 nitrogen and oxygen atoms in total. The molecule has 4 rings (SSSR count). The van der Waals surface area contributed by atoms with Gasteiger partial charge in [-0.1, -0.05) is 6.07 Å². The number of nitrogens with one attached hydrogen (secondary N) is 1. The van der Waals surface area contributed by atoms with Crippen molar-refractivity contribution in [2.45, 2.75) is 19.4 Å². The van der Waals surface area contributed by atoms with E-state index in [0.717, 1.165) is 30.3 Å². The third-order valence-corrected chi connectivity index (χ3v) is 3.77. The first kappa shape index (κ1) is 10.7. The van der Waals surface area contributed by atoms with Crippen LogP contribution in [0.15, 0.2) is 24.4 Å². The van der Waals surface area contributed by atoms with Gasteiger partial charge in [-0.15, -0.1) is 0 Å². The van der Waals surface area contributed by atoms with Crippen LogP contribution in [0.4, 0.5) is 5.82 Å². The van der Waals surface area contributed by atoms with Gasteiger partial charge in [-0.05, 0) is 31.0 Å². The Morgan fingerprint density at radius 3 is 3.16 bits per heavy atom. The van der Waals surface area contributed by atoms with E-state index in [2.05, 4.69) is 34.2 Å². The molecule has 0 amide bonds. The number of hydrogen-bond donors (Lipinski definition) is 1. The highest BCUT2D eigenvalue weighted by Crippen LogP contribution is 2.37. The van der Waals surface area contributed by atoms with Gasteiger partial charge in [-0.25, -0.2) is 4.68 Å². The summed E-state index contributed by atoms with van der Waals surface area (Å²) in [6.07, 6.45) is 2.93. The first-order valence-electron chi connectivity index (χ1n) is 6.50. The number of benzene rings is 1. The number of nitrogens with zero attached hydrogens (tertiary/aromatic N) is 2. The number of ether oxygens (including phenoxy) is 2. The molecule has 19 heavy (non-hydrogen) atoms. The molecule has 0 spiro atoms. The summed E-state index contributed by atoms with van der Waals surface area (Å²) >= 11 is 0. The fourth-order valence-electron chi connectivity index (χ4n) is 2.78. The Morgan fingerprint density at radius 1 is 1.32 bits per heavy atom. The molecule has 1 atom stereocenters. The molecule has 0 fully saturated rings. The molecule has 2 aliphatic heterocycles. The quantitative estimate of drug-likeness (QED) is 0.851. The second kappa shape index (κ2) is 3.91. The standard InChI is InChI=1S/C14H15N3O2/c1-9-7-16-17-11(4-5-15-14(9)17)10-2-3-12-13(6-10)19-8-18-12/h2-3,6-7,11,15H,4-5,8H2,1H3. The van der Waals surface area contributed by atoms with Crippen LogP contribution < -0.4 is 14.8 Å². The molecular formula is C14H15N3O2. The van der Waals surface area contributed by atoms with Crippen molar-refractivity contribution in [2.75, 3.05) is 18.7 Å². The van der Waals surface area contributed by atoms with E-state index in [4.69, 9.17) is 9.47 Å². The average Bonchev–Trinajstić information content (AvgIpc) is 3.05. The number of fused-ring (bicyclic) bond motifs is 2. The summed E-state index contributed by atoms with van der Waals surface area (Å²) in [4.78, 5) is 0. The van der Waals surface area contributed by atoms with Crippen molar-refractivity contribution in [3.8, 4) is 11.5 Å². The van der Waals surface area contributed by atoms with Gasteiger partial charge in [-0.2, -0.15) is 5.10 Å². The van der Waals surface area contributed by atoms with E-state index in [9.17, 15) is 0 Å². The van der Waals surface area contributed by atoms with Gasteiger partial charge in [0.15, 0.2) is 11.5 Å². The second-order valence-electron chi connectivity index (χ2n) is 4.96. The van der Waals surface area contributed by atoms with E-state index in [1.807, 2.05) is 12.3 Å². The van der Waals surface area contributed by atoms with Gasteiger partial charge < -0.3 is 14.8 Å². The predicted octanol–water partition coefficient (Wildman–Crippen LogP) is 2.33. The Bertz CT molecular complexity index is 636. The molecule has 1 aromatic heterocycles. The van der Waals surface area contributed by atoms with Gasteiger partial charge in [0, 0.05) is 12.1 Å². The monoisotopic (exact) mass is 257 g/mol. The summed E-state index contributed by atoms with van der Waals surface area (Å²) in [5, 5.41) is 7.90. The molecule has 1 aromatic carbocycles. The third kappa shape index (κ3) is 1.58. The number of aromatic nitrogens is 2. The molecule has 98 valence electrons. The van der Waals surface area contributed by atoms with Crippen molar-refractivity contribution in [3.63, 3.8) is 0 Å². The fraction of sp³-hybridized carbons (Fsp3) is 0.357. The summed E-state index contributed by atoms with van der Waals surface area (Å²) < 4.78 is 12.9. The molecule has 0 radical (unpaired) electrons. The lowest BCUT2D eigenvalue weighted by Gasteiger charge is -2.26. The Kier molecular flexibility index (Phi) is 2.21. The zero-order chi connectivity index (χ0) is 12.8. The summed E-state index contributed by atoms with van der Waals surface area (Å²) in [7, 11) is 0. The molecule has 5 heteroatoms. The number of anilines is 1. The van der Waals surface area contributed by atoms with Gasteiger partial charge in [0.2, 0.25) is 6.79 Å². The molecule has 2 aromatic rings. The van der Waals surface area contributed by atoms with Crippen molar-refractivity contribution in [1.82, 2.24) is 9.78 Å². The minimum atomic E-state index is 0.263. The lowest BCUT2D eigenvalue weighted by molar-refractivity contribution is 0.174. The molecule has 0 bridgehead atoms. The van der Waals surface area contributed by atoms with Crippen molar-refractivity contribution in [1.29, 1.82) is 0 Å². The molecule has 1 N–H and O–H groups in total. The van der Waals surface area contributed by atoms with Crippen molar-refractivity contribution in [2.24, 2.45) is 0 Å². The van der Waals surface area contributed by atoms with E-state index in [1.165, 1.54) is 11.1 Å². The zero-order valence-corrected chi connectivity index (χ0v) is 10.7. The van der Waals surface area contributed by atoms with E-state index in [1.54, 1.807) is 0 Å². The largest absolute Gasteiger partial charge is 0.454 e. The minimum absolute atomic E-state index is 0.263. The lowest BCUT2D eigenvalue weighted by Crippen LogP contribution is -2.24. The highest BCUT2D eigenvalue weighted by atomic mass is 16.7. The maximum absolute atomic E-state index is 5.46. The smallest absolute Gasteiger partial charge is 0.231 e. The van der Waals surface area contributed by atoms with Crippen LogP contribution in [0.2, 0.25) is 0 Å². The maximum Gasteiger partial charge on any atom is 0.231 e. The molecule has 1 unspecified atom stereocenters. The molecule has 0 aliphatic carbocycles. The zero-order valence-electron chi connectivity index (χ0n) is 10.7.